The Kier molecular flexibility index (Phi) is 6.23. The van der Waals surface area contributed by atoms with Gasteiger partial charge >= 0.3 is 5.97 Å². The number of rotatable bonds is 6. The number of nitrogens with zero attached hydrogens (tertiary/aromatic N) is 3. The number of aromatic nitrogens is 2. The quantitative estimate of drug-likeness (QED) is 0.774. The van der Waals surface area contributed by atoms with Crippen molar-refractivity contribution in [1.29, 1.82) is 0 Å². The van der Waals surface area contributed by atoms with Crippen molar-refractivity contribution in [2.24, 2.45) is 5.92 Å². The topological polar surface area (TPSA) is 84.4 Å². The van der Waals surface area contributed by atoms with Gasteiger partial charge in [0, 0.05) is 36.6 Å². The molecule has 0 aliphatic heterocycles. The summed E-state index contributed by atoms with van der Waals surface area (Å²) < 4.78 is 4.73. The Bertz CT molecular complexity index is 864. The fraction of sp³-hybridized carbons (Fsp3) is 0.429. The van der Waals surface area contributed by atoms with Gasteiger partial charge < -0.3 is 15.0 Å². The third-order valence-corrected chi connectivity index (χ3v) is 5.11. The standard InChI is InChI=1S/C21H26N4O3/c1-4-25(5-2)21-22-13-16-11-14(9-10-18(16)24-21)19(26)23-17-8-6-7-15(12-17)20(27)28-3/h6-8,12-14H,4-5,9-11H2,1-3H3,(H,23,26). The van der Waals surface area contributed by atoms with Crippen LogP contribution in [0, 0.1) is 5.92 Å². The number of carbonyl (C=O) groups excluding carboxylic acids is 2. The molecule has 7 nitrogen and oxygen atoms in total. The van der Waals surface area contributed by atoms with E-state index in [2.05, 4.69) is 29.0 Å². The molecule has 1 heterocycles. The van der Waals surface area contributed by atoms with E-state index in [1.807, 2.05) is 6.20 Å². The first-order valence-corrected chi connectivity index (χ1v) is 9.64. The minimum Gasteiger partial charge on any atom is -0.465 e. The third kappa shape index (κ3) is 4.30. The molecule has 1 aromatic carbocycles. The lowest BCUT2D eigenvalue weighted by Crippen LogP contribution is -2.30. The summed E-state index contributed by atoms with van der Waals surface area (Å²) in [5.41, 5.74) is 3.07. The van der Waals surface area contributed by atoms with E-state index in [1.54, 1.807) is 24.3 Å². The smallest absolute Gasteiger partial charge is 0.337 e. The summed E-state index contributed by atoms with van der Waals surface area (Å²) in [5, 5.41) is 2.91. The van der Waals surface area contributed by atoms with Crippen molar-refractivity contribution >= 4 is 23.5 Å². The maximum Gasteiger partial charge on any atom is 0.337 e. The molecule has 0 fully saturated rings. The molecule has 0 spiro atoms. The molecule has 0 saturated heterocycles. The summed E-state index contributed by atoms with van der Waals surface area (Å²) in [6, 6.07) is 6.77. The minimum absolute atomic E-state index is 0.0551. The number of carbonyl (C=O) groups is 2. The summed E-state index contributed by atoms with van der Waals surface area (Å²) in [6.07, 6.45) is 3.97. The highest BCUT2D eigenvalue weighted by atomic mass is 16.5. The predicted octanol–water partition coefficient (Wildman–Crippen LogP) is 2.85. The number of fused-ring (bicyclic) bond motifs is 1. The summed E-state index contributed by atoms with van der Waals surface area (Å²) in [4.78, 5) is 35.7. The molecule has 0 saturated carbocycles. The fourth-order valence-electron chi connectivity index (χ4n) is 3.47. The number of esters is 1. The number of hydrogen-bond donors (Lipinski definition) is 1. The molecule has 3 rings (SSSR count). The molecule has 1 atom stereocenters. The van der Waals surface area contributed by atoms with Gasteiger partial charge in [0.2, 0.25) is 11.9 Å². The zero-order valence-electron chi connectivity index (χ0n) is 16.6. The molecule has 1 aromatic heterocycles. The highest BCUT2D eigenvalue weighted by Gasteiger charge is 2.26. The van der Waals surface area contributed by atoms with Gasteiger partial charge in [-0.2, -0.15) is 0 Å². The van der Waals surface area contributed by atoms with Gasteiger partial charge in [0.25, 0.3) is 0 Å². The second kappa shape index (κ2) is 8.82. The molecule has 2 aromatic rings. The molecule has 0 bridgehead atoms. The van der Waals surface area contributed by atoms with Gasteiger partial charge in [0.1, 0.15) is 0 Å². The highest BCUT2D eigenvalue weighted by Crippen LogP contribution is 2.26. The number of hydrogen-bond acceptors (Lipinski definition) is 6. The molecule has 1 N–H and O–H groups in total. The molecule has 28 heavy (non-hydrogen) atoms. The molecule has 0 radical (unpaired) electrons. The van der Waals surface area contributed by atoms with Crippen molar-refractivity contribution in [3.63, 3.8) is 0 Å². The van der Waals surface area contributed by atoms with E-state index < -0.39 is 5.97 Å². The van der Waals surface area contributed by atoms with Crippen LogP contribution in [0.3, 0.4) is 0 Å². The van der Waals surface area contributed by atoms with Crippen LogP contribution in [0.4, 0.5) is 11.6 Å². The van der Waals surface area contributed by atoms with Gasteiger partial charge in [-0.05, 0) is 56.9 Å². The van der Waals surface area contributed by atoms with Gasteiger partial charge in [-0.25, -0.2) is 14.8 Å². The van der Waals surface area contributed by atoms with Crippen LogP contribution in [0.25, 0.3) is 0 Å². The molecule has 1 aliphatic rings. The van der Waals surface area contributed by atoms with E-state index in [1.165, 1.54) is 7.11 Å². The molecule has 148 valence electrons. The summed E-state index contributed by atoms with van der Waals surface area (Å²) in [7, 11) is 1.33. The number of anilines is 2. The first-order valence-electron chi connectivity index (χ1n) is 9.64. The molecule has 1 amide bonds. The van der Waals surface area contributed by atoms with Crippen LogP contribution in [-0.2, 0) is 22.4 Å². The maximum absolute atomic E-state index is 12.7. The first-order chi connectivity index (χ1) is 13.5. The van der Waals surface area contributed by atoms with Gasteiger partial charge in [-0.1, -0.05) is 6.07 Å². The number of aryl methyl sites for hydroxylation is 1. The largest absolute Gasteiger partial charge is 0.465 e. The van der Waals surface area contributed by atoms with Crippen LogP contribution in [0.1, 0.15) is 41.9 Å². The Morgan fingerprint density at radius 3 is 2.79 bits per heavy atom. The number of methoxy groups -OCH3 is 1. The summed E-state index contributed by atoms with van der Waals surface area (Å²) in [6.45, 7) is 5.90. The van der Waals surface area contributed by atoms with Crippen LogP contribution >= 0.6 is 0 Å². The molecule has 1 aliphatic carbocycles. The Morgan fingerprint density at radius 2 is 2.07 bits per heavy atom. The lowest BCUT2D eigenvalue weighted by molar-refractivity contribution is -0.120. The zero-order chi connectivity index (χ0) is 20.1. The van der Waals surface area contributed by atoms with Gasteiger partial charge in [0.15, 0.2) is 0 Å². The van der Waals surface area contributed by atoms with E-state index in [4.69, 9.17) is 9.72 Å². The normalized spacial score (nSPS) is 15.5. The molecule has 1 unspecified atom stereocenters. The average molecular weight is 382 g/mol. The Labute approximate surface area is 165 Å². The minimum atomic E-state index is -0.427. The van der Waals surface area contributed by atoms with E-state index in [0.717, 1.165) is 43.1 Å². The number of nitrogens with one attached hydrogen (secondary N) is 1. The third-order valence-electron chi connectivity index (χ3n) is 5.11. The van der Waals surface area contributed by atoms with Crippen molar-refractivity contribution in [1.82, 2.24) is 9.97 Å². The predicted molar refractivity (Wildman–Crippen MR) is 108 cm³/mol. The van der Waals surface area contributed by atoms with E-state index in [0.29, 0.717) is 17.7 Å². The van der Waals surface area contributed by atoms with Crippen LogP contribution in [-0.4, -0.2) is 42.0 Å². The van der Waals surface area contributed by atoms with Crippen molar-refractivity contribution in [3.05, 3.63) is 47.3 Å². The SMILES string of the molecule is CCN(CC)c1ncc2c(n1)CCC(C(=O)Nc1cccc(C(=O)OC)c1)C2. The van der Waals surface area contributed by atoms with Gasteiger partial charge in [0.05, 0.1) is 12.7 Å². The molecular formula is C21H26N4O3. The second-order valence-corrected chi connectivity index (χ2v) is 6.82. The van der Waals surface area contributed by atoms with Crippen molar-refractivity contribution in [2.75, 3.05) is 30.4 Å². The Hall–Kier alpha value is -2.96. The van der Waals surface area contributed by atoms with Gasteiger partial charge in [-0.15, -0.1) is 0 Å². The van der Waals surface area contributed by atoms with E-state index in [9.17, 15) is 9.59 Å². The van der Waals surface area contributed by atoms with E-state index in [-0.39, 0.29) is 11.8 Å². The average Bonchev–Trinajstić information content (AvgIpc) is 2.73. The highest BCUT2D eigenvalue weighted by molar-refractivity contribution is 5.95. The number of ether oxygens (including phenoxy) is 1. The van der Waals surface area contributed by atoms with Gasteiger partial charge in [-0.3, -0.25) is 4.79 Å². The van der Waals surface area contributed by atoms with Crippen molar-refractivity contribution in [2.45, 2.75) is 33.1 Å². The number of amides is 1. The van der Waals surface area contributed by atoms with Crippen LogP contribution in [0.5, 0.6) is 0 Å². The van der Waals surface area contributed by atoms with Crippen molar-refractivity contribution < 1.29 is 14.3 Å². The maximum atomic E-state index is 12.7. The number of benzene rings is 1. The van der Waals surface area contributed by atoms with Crippen LogP contribution in [0.2, 0.25) is 0 Å². The fourth-order valence-corrected chi connectivity index (χ4v) is 3.47. The van der Waals surface area contributed by atoms with Crippen molar-refractivity contribution in [3.8, 4) is 0 Å². The lowest BCUT2D eigenvalue weighted by atomic mass is 9.86. The summed E-state index contributed by atoms with van der Waals surface area (Å²) >= 11 is 0. The first kappa shape index (κ1) is 19.8. The molecular weight excluding hydrogens is 356 g/mol. The molecule has 7 heteroatoms. The lowest BCUT2D eigenvalue weighted by Gasteiger charge is -2.25. The Morgan fingerprint density at radius 1 is 1.29 bits per heavy atom. The van der Waals surface area contributed by atoms with Crippen LogP contribution in [0.15, 0.2) is 30.5 Å². The Balaban J connectivity index is 1.68. The van der Waals surface area contributed by atoms with Crippen LogP contribution < -0.4 is 10.2 Å². The monoisotopic (exact) mass is 382 g/mol. The zero-order valence-corrected chi connectivity index (χ0v) is 16.6. The van der Waals surface area contributed by atoms with E-state index >= 15 is 0 Å². The summed E-state index contributed by atoms with van der Waals surface area (Å²) in [5.74, 6) is 0.132. The second-order valence-electron chi connectivity index (χ2n) is 6.82.